The minimum atomic E-state index is -3.40. The number of hydrogen-bond acceptors (Lipinski definition) is 2. The van der Waals surface area contributed by atoms with Gasteiger partial charge in [0.1, 0.15) is 0 Å². The Kier molecular flexibility index (Phi) is 4.69. The van der Waals surface area contributed by atoms with E-state index < -0.39 is 10.0 Å². The largest absolute Gasteiger partial charge is 0.240 e. The van der Waals surface area contributed by atoms with Crippen molar-refractivity contribution in [3.63, 3.8) is 0 Å². The summed E-state index contributed by atoms with van der Waals surface area (Å²) in [7, 11) is -3.40. The van der Waals surface area contributed by atoms with Crippen LogP contribution >= 0.6 is 15.9 Å². The third-order valence-electron chi connectivity index (χ3n) is 3.86. The molecule has 0 amide bonds. The Balaban J connectivity index is 2.19. The summed E-state index contributed by atoms with van der Waals surface area (Å²) < 4.78 is 28.6. The van der Waals surface area contributed by atoms with Gasteiger partial charge in [-0.2, -0.15) is 0 Å². The zero-order valence-electron chi connectivity index (χ0n) is 11.3. The third kappa shape index (κ3) is 3.58. The van der Waals surface area contributed by atoms with E-state index in [0.717, 1.165) is 29.3 Å². The molecule has 1 aliphatic rings. The smallest absolute Gasteiger partial charge is 0.208 e. The van der Waals surface area contributed by atoms with Gasteiger partial charge >= 0.3 is 0 Å². The molecule has 0 heterocycles. The van der Waals surface area contributed by atoms with Crippen LogP contribution in [0, 0.1) is 12.8 Å². The average Bonchev–Trinajstić information content (AvgIpc) is 2.35. The molecule has 0 bridgehead atoms. The number of aryl methyl sites for hydroxylation is 1. The SMILES string of the molecule is Cc1cc(S(=O)(=O)N[C@H]2CCCC[C@H]2C)ccc1Br. The molecule has 1 saturated carbocycles. The van der Waals surface area contributed by atoms with Gasteiger partial charge in [0, 0.05) is 10.5 Å². The van der Waals surface area contributed by atoms with Gasteiger partial charge in [0.2, 0.25) is 10.0 Å². The summed E-state index contributed by atoms with van der Waals surface area (Å²) in [5.74, 6) is 0.417. The summed E-state index contributed by atoms with van der Waals surface area (Å²) in [6, 6.07) is 5.21. The fourth-order valence-corrected chi connectivity index (χ4v) is 4.25. The molecule has 0 unspecified atom stereocenters. The molecule has 5 heteroatoms. The Labute approximate surface area is 124 Å². The van der Waals surface area contributed by atoms with E-state index in [1.807, 2.05) is 6.92 Å². The highest BCUT2D eigenvalue weighted by molar-refractivity contribution is 9.10. The molecule has 1 aromatic rings. The number of sulfonamides is 1. The summed E-state index contributed by atoms with van der Waals surface area (Å²) in [5.41, 5.74) is 0.930. The monoisotopic (exact) mass is 345 g/mol. The lowest BCUT2D eigenvalue weighted by atomic mass is 9.87. The summed E-state index contributed by atoms with van der Waals surface area (Å²) in [6.45, 7) is 4.02. The number of nitrogens with one attached hydrogen (secondary N) is 1. The maximum Gasteiger partial charge on any atom is 0.240 e. The van der Waals surface area contributed by atoms with Crippen molar-refractivity contribution in [2.75, 3.05) is 0 Å². The van der Waals surface area contributed by atoms with Crippen molar-refractivity contribution in [2.45, 2.75) is 50.5 Å². The Hall–Kier alpha value is -0.390. The van der Waals surface area contributed by atoms with E-state index in [1.165, 1.54) is 6.42 Å². The number of hydrogen-bond donors (Lipinski definition) is 1. The van der Waals surface area contributed by atoms with Gasteiger partial charge in [0.15, 0.2) is 0 Å². The standard InChI is InChI=1S/C14H20BrNO2S/c1-10-5-3-4-6-14(10)16-19(17,18)12-7-8-13(15)11(2)9-12/h7-10,14,16H,3-6H2,1-2H3/t10-,14+/m1/s1. The molecule has 0 saturated heterocycles. The van der Waals surface area contributed by atoms with Gasteiger partial charge in [-0.25, -0.2) is 13.1 Å². The van der Waals surface area contributed by atoms with Gasteiger partial charge in [0.25, 0.3) is 0 Å². The van der Waals surface area contributed by atoms with Gasteiger partial charge < -0.3 is 0 Å². The Bertz CT molecular complexity index is 557. The number of benzene rings is 1. The van der Waals surface area contributed by atoms with Crippen molar-refractivity contribution in [3.8, 4) is 0 Å². The highest BCUT2D eigenvalue weighted by Crippen LogP contribution is 2.26. The van der Waals surface area contributed by atoms with E-state index in [9.17, 15) is 8.42 Å². The molecule has 2 atom stereocenters. The van der Waals surface area contributed by atoms with Crippen molar-refractivity contribution in [1.29, 1.82) is 0 Å². The van der Waals surface area contributed by atoms with Crippen LogP contribution in [-0.2, 0) is 10.0 Å². The van der Waals surface area contributed by atoms with Crippen LogP contribution in [0.2, 0.25) is 0 Å². The molecular weight excluding hydrogens is 326 g/mol. The first kappa shape index (κ1) is 15.0. The molecule has 0 spiro atoms. The molecule has 0 radical (unpaired) electrons. The topological polar surface area (TPSA) is 46.2 Å². The maximum atomic E-state index is 12.4. The predicted molar refractivity (Wildman–Crippen MR) is 80.6 cm³/mol. The fourth-order valence-electron chi connectivity index (χ4n) is 2.54. The molecule has 1 aliphatic carbocycles. The highest BCUT2D eigenvalue weighted by Gasteiger charge is 2.26. The van der Waals surface area contributed by atoms with Crippen molar-refractivity contribution < 1.29 is 8.42 Å². The molecule has 1 fully saturated rings. The quantitative estimate of drug-likeness (QED) is 0.909. The van der Waals surface area contributed by atoms with Crippen LogP contribution in [0.25, 0.3) is 0 Å². The lowest BCUT2D eigenvalue weighted by molar-refractivity contribution is 0.310. The first-order valence-corrected chi connectivity index (χ1v) is 8.96. The normalized spacial score (nSPS) is 24.4. The molecule has 19 heavy (non-hydrogen) atoms. The van der Waals surface area contributed by atoms with Crippen molar-refractivity contribution >= 4 is 26.0 Å². The summed E-state index contributed by atoms with van der Waals surface area (Å²) in [5, 5.41) is 0. The Morgan fingerprint density at radius 1 is 1.26 bits per heavy atom. The van der Waals surface area contributed by atoms with Crippen LogP contribution in [0.3, 0.4) is 0 Å². The van der Waals surface area contributed by atoms with Crippen LogP contribution in [0.15, 0.2) is 27.6 Å². The van der Waals surface area contributed by atoms with E-state index in [1.54, 1.807) is 18.2 Å². The molecule has 1 N–H and O–H groups in total. The van der Waals surface area contributed by atoms with Crippen LogP contribution in [-0.4, -0.2) is 14.5 Å². The minimum Gasteiger partial charge on any atom is -0.208 e. The van der Waals surface area contributed by atoms with Crippen molar-refractivity contribution in [3.05, 3.63) is 28.2 Å². The zero-order chi connectivity index (χ0) is 14.0. The highest BCUT2D eigenvalue weighted by atomic mass is 79.9. The summed E-state index contributed by atoms with van der Waals surface area (Å²) in [6.07, 6.45) is 4.36. The minimum absolute atomic E-state index is 0.0719. The van der Waals surface area contributed by atoms with Crippen LogP contribution < -0.4 is 4.72 Å². The maximum absolute atomic E-state index is 12.4. The summed E-state index contributed by atoms with van der Waals surface area (Å²) >= 11 is 3.39. The lowest BCUT2D eigenvalue weighted by Gasteiger charge is -2.29. The van der Waals surface area contributed by atoms with Gasteiger partial charge in [-0.15, -0.1) is 0 Å². The first-order valence-electron chi connectivity index (χ1n) is 6.68. The van der Waals surface area contributed by atoms with Gasteiger partial charge in [-0.3, -0.25) is 0 Å². The van der Waals surface area contributed by atoms with Gasteiger partial charge in [-0.1, -0.05) is 35.7 Å². The van der Waals surface area contributed by atoms with E-state index in [4.69, 9.17) is 0 Å². The molecule has 106 valence electrons. The van der Waals surface area contributed by atoms with Crippen molar-refractivity contribution in [2.24, 2.45) is 5.92 Å². The molecule has 0 aromatic heterocycles. The molecule has 3 nitrogen and oxygen atoms in total. The zero-order valence-corrected chi connectivity index (χ0v) is 13.7. The van der Waals surface area contributed by atoms with Crippen LogP contribution in [0.4, 0.5) is 0 Å². The van der Waals surface area contributed by atoms with E-state index in [2.05, 4.69) is 27.6 Å². The molecular formula is C14H20BrNO2S. The van der Waals surface area contributed by atoms with E-state index in [0.29, 0.717) is 10.8 Å². The molecule has 1 aromatic carbocycles. The second-order valence-corrected chi connectivity index (χ2v) is 7.97. The average molecular weight is 346 g/mol. The molecule has 0 aliphatic heterocycles. The fraction of sp³-hybridized carbons (Fsp3) is 0.571. The number of rotatable bonds is 3. The van der Waals surface area contributed by atoms with Crippen LogP contribution in [0.5, 0.6) is 0 Å². The number of halogens is 1. The second-order valence-electron chi connectivity index (χ2n) is 5.40. The third-order valence-corrected chi connectivity index (χ3v) is 6.24. The molecule has 2 rings (SSSR count). The first-order chi connectivity index (χ1) is 8.90. The van der Waals surface area contributed by atoms with Crippen molar-refractivity contribution in [1.82, 2.24) is 4.72 Å². The van der Waals surface area contributed by atoms with E-state index >= 15 is 0 Å². The Morgan fingerprint density at radius 2 is 1.95 bits per heavy atom. The van der Waals surface area contributed by atoms with E-state index in [-0.39, 0.29) is 6.04 Å². The summed E-state index contributed by atoms with van der Waals surface area (Å²) in [4.78, 5) is 0.353. The predicted octanol–water partition coefficient (Wildman–Crippen LogP) is 3.61. The van der Waals surface area contributed by atoms with Gasteiger partial charge in [0.05, 0.1) is 4.90 Å². The van der Waals surface area contributed by atoms with Crippen LogP contribution in [0.1, 0.15) is 38.2 Å². The second kappa shape index (κ2) is 5.94. The van der Waals surface area contributed by atoms with Gasteiger partial charge in [-0.05, 0) is 49.4 Å². The Morgan fingerprint density at radius 3 is 2.58 bits per heavy atom. The lowest BCUT2D eigenvalue weighted by Crippen LogP contribution is -2.40.